The molecule has 0 bridgehead atoms. The average molecular weight is 266 g/mol. The standard InChI is InChI=1S/C12H14N2O5/c1-2-19-10(15)7-9(12(17)18)14-11(16)8-3-5-13-6-4-8/h3-6,9H,2,7H2,1H3,(H,14,16)(H,17,18)/t9-/m1/s1. The van der Waals surface area contributed by atoms with Gasteiger partial charge in [-0.05, 0) is 19.1 Å². The highest BCUT2D eigenvalue weighted by molar-refractivity contribution is 5.97. The van der Waals surface area contributed by atoms with Gasteiger partial charge in [-0.15, -0.1) is 0 Å². The van der Waals surface area contributed by atoms with E-state index >= 15 is 0 Å². The molecule has 0 saturated heterocycles. The number of nitrogens with zero attached hydrogens (tertiary/aromatic N) is 1. The van der Waals surface area contributed by atoms with Gasteiger partial charge in [-0.3, -0.25) is 14.6 Å². The fraction of sp³-hybridized carbons (Fsp3) is 0.333. The molecular formula is C12H14N2O5. The van der Waals surface area contributed by atoms with E-state index in [1.807, 2.05) is 0 Å². The summed E-state index contributed by atoms with van der Waals surface area (Å²) in [6.45, 7) is 1.77. The van der Waals surface area contributed by atoms with E-state index in [4.69, 9.17) is 5.11 Å². The first-order valence-electron chi connectivity index (χ1n) is 5.64. The molecule has 2 N–H and O–H groups in total. The molecule has 19 heavy (non-hydrogen) atoms. The van der Waals surface area contributed by atoms with Gasteiger partial charge in [0.2, 0.25) is 0 Å². The number of hydrogen-bond acceptors (Lipinski definition) is 5. The van der Waals surface area contributed by atoms with E-state index in [0.29, 0.717) is 0 Å². The molecule has 1 aromatic heterocycles. The maximum atomic E-state index is 11.7. The van der Waals surface area contributed by atoms with Crippen molar-refractivity contribution >= 4 is 17.8 Å². The Balaban J connectivity index is 2.66. The Kier molecular flexibility index (Phi) is 5.46. The molecule has 0 unspecified atom stereocenters. The number of rotatable bonds is 6. The summed E-state index contributed by atoms with van der Waals surface area (Å²) in [7, 11) is 0. The molecule has 1 aromatic rings. The summed E-state index contributed by atoms with van der Waals surface area (Å²) in [4.78, 5) is 37.7. The van der Waals surface area contributed by atoms with Crippen LogP contribution < -0.4 is 5.32 Å². The van der Waals surface area contributed by atoms with Gasteiger partial charge in [-0.25, -0.2) is 4.79 Å². The van der Waals surface area contributed by atoms with Gasteiger partial charge < -0.3 is 15.2 Å². The van der Waals surface area contributed by atoms with E-state index in [2.05, 4.69) is 15.0 Å². The lowest BCUT2D eigenvalue weighted by Crippen LogP contribution is -2.42. The van der Waals surface area contributed by atoms with Crippen molar-refractivity contribution in [3.63, 3.8) is 0 Å². The summed E-state index contributed by atoms with van der Waals surface area (Å²) in [5.74, 6) is -2.56. The van der Waals surface area contributed by atoms with Gasteiger partial charge in [0.15, 0.2) is 0 Å². The third kappa shape index (κ3) is 4.74. The fourth-order valence-electron chi connectivity index (χ4n) is 1.33. The van der Waals surface area contributed by atoms with Crippen molar-refractivity contribution < 1.29 is 24.2 Å². The molecule has 0 spiro atoms. The Bertz CT molecular complexity index is 460. The molecule has 1 rings (SSSR count). The maximum absolute atomic E-state index is 11.7. The molecule has 1 amide bonds. The Hall–Kier alpha value is -2.44. The highest BCUT2D eigenvalue weighted by Gasteiger charge is 2.24. The number of ether oxygens (including phenoxy) is 1. The second-order valence-electron chi connectivity index (χ2n) is 3.61. The predicted octanol–water partition coefficient (Wildman–Crippen LogP) is 0.218. The lowest BCUT2D eigenvalue weighted by molar-refractivity contribution is -0.149. The fourth-order valence-corrected chi connectivity index (χ4v) is 1.33. The van der Waals surface area contributed by atoms with Crippen molar-refractivity contribution in [1.82, 2.24) is 10.3 Å². The van der Waals surface area contributed by atoms with Gasteiger partial charge in [-0.1, -0.05) is 0 Å². The van der Waals surface area contributed by atoms with E-state index in [9.17, 15) is 14.4 Å². The summed E-state index contributed by atoms with van der Waals surface area (Å²) in [5, 5.41) is 11.2. The summed E-state index contributed by atoms with van der Waals surface area (Å²) >= 11 is 0. The Labute approximate surface area is 109 Å². The largest absolute Gasteiger partial charge is 0.480 e. The van der Waals surface area contributed by atoms with Crippen LogP contribution in [0, 0.1) is 0 Å². The molecule has 0 aliphatic carbocycles. The van der Waals surface area contributed by atoms with Gasteiger partial charge in [0.25, 0.3) is 5.91 Å². The zero-order chi connectivity index (χ0) is 14.3. The second-order valence-corrected chi connectivity index (χ2v) is 3.61. The van der Waals surface area contributed by atoms with Crippen LogP contribution >= 0.6 is 0 Å². The minimum atomic E-state index is -1.32. The summed E-state index contributed by atoms with van der Waals surface area (Å²) in [5.41, 5.74) is 0.269. The summed E-state index contributed by atoms with van der Waals surface area (Å²) < 4.78 is 4.65. The second kappa shape index (κ2) is 7.10. The maximum Gasteiger partial charge on any atom is 0.326 e. The van der Waals surface area contributed by atoms with E-state index in [-0.39, 0.29) is 12.2 Å². The van der Waals surface area contributed by atoms with Crippen LogP contribution in [0.15, 0.2) is 24.5 Å². The normalized spacial score (nSPS) is 11.4. The smallest absolute Gasteiger partial charge is 0.326 e. The third-order valence-electron chi connectivity index (χ3n) is 2.22. The van der Waals surface area contributed by atoms with E-state index < -0.39 is 30.3 Å². The van der Waals surface area contributed by atoms with Crippen LogP contribution in [0.2, 0.25) is 0 Å². The molecule has 7 nitrogen and oxygen atoms in total. The minimum Gasteiger partial charge on any atom is -0.480 e. The van der Waals surface area contributed by atoms with Crippen molar-refractivity contribution in [1.29, 1.82) is 0 Å². The van der Waals surface area contributed by atoms with Gasteiger partial charge in [-0.2, -0.15) is 0 Å². The summed E-state index contributed by atoms with van der Waals surface area (Å²) in [6.07, 6.45) is 2.41. The number of esters is 1. The number of aromatic nitrogens is 1. The highest BCUT2D eigenvalue weighted by Crippen LogP contribution is 2.01. The number of carboxylic acid groups (broad SMARTS) is 1. The molecule has 1 atom stereocenters. The Morgan fingerprint density at radius 2 is 2.00 bits per heavy atom. The molecule has 0 fully saturated rings. The van der Waals surface area contributed by atoms with Crippen LogP contribution in [0.3, 0.4) is 0 Å². The van der Waals surface area contributed by atoms with Gasteiger partial charge >= 0.3 is 11.9 Å². The molecule has 0 radical (unpaired) electrons. The molecule has 102 valence electrons. The number of pyridine rings is 1. The lowest BCUT2D eigenvalue weighted by Gasteiger charge is -2.13. The first-order chi connectivity index (χ1) is 9.04. The molecule has 0 aromatic carbocycles. The minimum absolute atomic E-state index is 0.156. The SMILES string of the molecule is CCOC(=O)C[C@@H](NC(=O)c1ccncc1)C(=O)O. The molecule has 7 heteroatoms. The summed E-state index contributed by atoms with van der Waals surface area (Å²) in [6, 6.07) is 1.57. The number of carboxylic acids is 1. The molecular weight excluding hydrogens is 252 g/mol. The Morgan fingerprint density at radius 1 is 1.37 bits per heavy atom. The average Bonchev–Trinajstić information content (AvgIpc) is 2.39. The van der Waals surface area contributed by atoms with E-state index in [1.165, 1.54) is 24.5 Å². The number of amides is 1. The first-order valence-corrected chi connectivity index (χ1v) is 5.64. The van der Waals surface area contributed by atoms with Crippen LogP contribution in [0.4, 0.5) is 0 Å². The van der Waals surface area contributed by atoms with Crippen LogP contribution in [-0.4, -0.2) is 40.6 Å². The van der Waals surface area contributed by atoms with Crippen molar-refractivity contribution in [3.8, 4) is 0 Å². The molecule has 0 aliphatic heterocycles. The van der Waals surface area contributed by atoms with E-state index in [0.717, 1.165) is 0 Å². The number of hydrogen-bond donors (Lipinski definition) is 2. The van der Waals surface area contributed by atoms with Crippen molar-refractivity contribution in [2.45, 2.75) is 19.4 Å². The van der Waals surface area contributed by atoms with Crippen LogP contribution in [0.25, 0.3) is 0 Å². The topological polar surface area (TPSA) is 106 Å². The van der Waals surface area contributed by atoms with Crippen LogP contribution in [-0.2, 0) is 14.3 Å². The monoisotopic (exact) mass is 266 g/mol. The highest BCUT2D eigenvalue weighted by atomic mass is 16.5. The number of carbonyl (C=O) groups is 3. The van der Waals surface area contributed by atoms with Gasteiger partial charge in [0.05, 0.1) is 13.0 Å². The quantitative estimate of drug-likeness (QED) is 0.713. The number of carbonyl (C=O) groups excluding carboxylic acids is 2. The first kappa shape index (κ1) is 14.6. The number of nitrogens with one attached hydrogen (secondary N) is 1. The zero-order valence-electron chi connectivity index (χ0n) is 10.3. The third-order valence-corrected chi connectivity index (χ3v) is 2.22. The van der Waals surface area contributed by atoms with Crippen LogP contribution in [0.5, 0.6) is 0 Å². The zero-order valence-corrected chi connectivity index (χ0v) is 10.3. The van der Waals surface area contributed by atoms with E-state index in [1.54, 1.807) is 6.92 Å². The van der Waals surface area contributed by atoms with Crippen LogP contribution in [0.1, 0.15) is 23.7 Å². The molecule has 0 aliphatic rings. The van der Waals surface area contributed by atoms with Gasteiger partial charge in [0, 0.05) is 18.0 Å². The molecule has 1 heterocycles. The number of aliphatic carboxylic acids is 1. The lowest BCUT2D eigenvalue weighted by atomic mass is 10.2. The van der Waals surface area contributed by atoms with Crippen molar-refractivity contribution in [3.05, 3.63) is 30.1 Å². The predicted molar refractivity (Wildman–Crippen MR) is 64.4 cm³/mol. The van der Waals surface area contributed by atoms with Crippen molar-refractivity contribution in [2.75, 3.05) is 6.61 Å². The molecule has 0 saturated carbocycles. The van der Waals surface area contributed by atoms with Crippen molar-refractivity contribution in [2.24, 2.45) is 0 Å². The Morgan fingerprint density at radius 3 is 2.53 bits per heavy atom. The van der Waals surface area contributed by atoms with Gasteiger partial charge in [0.1, 0.15) is 6.04 Å².